The van der Waals surface area contributed by atoms with Gasteiger partial charge in [-0.15, -0.1) is 11.8 Å². The average Bonchev–Trinajstić information content (AvgIpc) is 3.01. The molecule has 1 fully saturated rings. The van der Waals surface area contributed by atoms with E-state index in [-0.39, 0.29) is 11.9 Å². The number of piperazine rings is 1. The number of aryl methyl sites for hydroxylation is 2. The van der Waals surface area contributed by atoms with Crippen LogP contribution in [0.4, 0.5) is 5.82 Å². The molecule has 1 atom stereocenters. The van der Waals surface area contributed by atoms with Gasteiger partial charge in [-0.1, -0.05) is 11.2 Å². The average molecular weight is 404 g/mol. The summed E-state index contributed by atoms with van der Waals surface area (Å²) in [5.41, 5.74) is 2.00. The smallest absolute Gasteiger partial charge is 0.230 e. The van der Waals surface area contributed by atoms with Crippen LogP contribution in [0.3, 0.4) is 0 Å². The van der Waals surface area contributed by atoms with E-state index in [1.54, 1.807) is 11.8 Å². The molecule has 28 heavy (non-hydrogen) atoms. The zero-order valence-electron chi connectivity index (χ0n) is 16.9. The van der Waals surface area contributed by atoms with E-state index in [4.69, 9.17) is 4.52 Å². The largest absolute Gasteiger partial charge is 0.361 e. The SMILES string of the molecule is Cc1noc(C)c1CSCC(=O)NC(C)CN1CCN(c2ccccn2)CC1. The van der Waals surface area contributed by atoms with Gasteiger partial charge in [-0.05, 0) is 32.9 Å². The molecule has 1 aliphatic heterocycles. The fourth-order valence-electron chi connectivity index (χ4n) is 3.40. The summed E-state index contributed by atoms with van der Waals surface area (Å²) in [5, 5.41) is 7.06. The topological polar surface area (TPSA) is 74.5 Å². The minimum atomic E-state index is 0.0800. The third-order valence-corrected chi connectivity index (χ3v) is 5.90. The monoisotopic (exact) mass is 403 g/mol. The second-order valence-corrected chi connectivity index (χ2v) is 8.23. The molecule has 0 saturated carbocycles. The van der Waals surface area contributed by atoms with Gasteiger partial charge in [0.25, 0.3) is 0 Å². The molecule has 0 radical (unpaired) electrons. The molecule has 0 bridgehead atoms. The van der Waals surface area contributed by atoms with Gasteiger partial charge in [0.15, 0.2) is 0 Å². The number of carbonyl (C=O) groups is 1. The van der Waals surface area contributed by atoms with E-state index in [0.29, 0.717) is 5.75 Å². The number of nitrogens with one attached hydrogen (secondary N) is 1. The van der Waals surface area contributed by atoms with Gasteiger partial charge >= 0.3 is 0 Å². The van der Waals surface area contributed by atoms with E-state index in [1.165, 1.54) is 0 Å². The molecule has 1 unspecified atom stereocenters. The van der Waals surface area contributed by atoms with Crippen molar-refractivity contribution in [1.29, 1.82) is 0 Å². The lowest BCUT2D eigenvalue weighted by Crippen LogP contribution is -2.51. The van der Waals surface area contributed by atoms with Crippen LogP contribution < -0.4 is 10.2 Å². The number of carbonyl (C=O) groups excluding carboxylic acids is 1. The Bertz CT molecular complexity index is 740. The number of anilines is 1. The molecule has 2 aromatic heterocycles. The number of pyridine rings is 1. The van der Waals surface area contributed by atoms with Crippen LogP contribution in [0, 0.1) is 13.8 Å². The lowest BCUT2D eigenvalue weighted by molar-refractivity contribution is -0.119. The Morgan fingerprint density at radius 3 is 2.71 bits per heavy atom. The molecular formula is C20H29N5O2S. The van der Waals surface area contributed by atoms with Crippen LogP contribution in [0.25, 0.3) is 0 Å². The quantitative estimate of drug-likeness (QED) is 0.724. The third kappa shape index (κ3) is 5.72. The number of amides is 1. The minimum absolute atomic E-state index is 0.0800. The van der Waals surface area contributed by atoms with E-state index >= 15 is 0 Å². The van der Waals surface area contributed by atoms with Crippen molar-refractivity contribution in [3.63, 3.8) is 0 Å². The van der Waals surface area contributed by atoms with Crippen LogP contribution >= 0.6 is 11.8 Å². The Hall–Kier alpha value is -2.06. The highest BCUT2D eigenvalue weighted by atomic mass is 32.2. The summed E-state index contributed by atoms with van der Waals surface area (Å²) >= 11 is 1.59. The molecule has 1 saturated heterocycles. The summed E-state index contributed by atoms with van der Waals surface area (Å²) < 4.78 is 5.16. The van der Waals surface area contributed by atoms with E-state index < -0.39 is 0 Å². The first-order valence-corrected chi connectivity index (χ1v) is 10.9. The predicted molar refractivity (Wildman–Crippen MR) is 113 cm³/mol. The summed E-state index contributed by atoms with van der Waals surface area (Å²) in [6, 6.07) is 6.15. The molecule has 2 aromatic rings. The van der Waals surface area contributed by atoms with E-state index in [1.807, 2.05) is 32.2 Å². The van der Waals surface area contributed by atoms with Crippen LogP contribution in [0.2, 0.25) is 0 Å². The molecule has 1 N–H and O–H groups in total. The molecular weight excluding hydrogens is 374 g/mol. The van der Waals surface area contributed by atoms with Gasteiger partial charge in [0.1, 0.15) is 11.6 Å². The molecule has 1 amide bonds. The standard InChI is InChI=1S/C20H29N5O2S/c1-15(22-20(26)14-28-13-18-16(2)23-27-17(18)3)12-24-8-10-25(11-9-24)19-6-4-5-7-21-19/h4-7,15H,8-14H2,1-3H3,(H,22,26). The van der Waals surface area contributed by atoms with Crippen LogP contribution in [0.5, 0.6) is 0 Å². The first-order valence-electron chi connectivity index (χ1n) is 9.70. The van der Waals surface area contributed by atoms with E-state index in [0.717, 1.165) is 61.3 Å². The Morgan fingerprint density at radius 1 is 1.29 bits per heavy atom. The van der Waals surface area contributed by atoms with Gasteiger partial charge in [-0.3, -0.25) is 9.69 Å². The van der Waals surface area contributed by atoms with Gasteiger partial charge in [0, 0.05) is 56.3 Å². The van der Waals surface area contributed by atoms with E-state index in [2.05, 4.69) is 38.2 Å². The second-order valence-electron chi connectivity index (χ2n) is 7.24. The van der Waals surface area contributed by atoms with Crippen LogP contribution in [0.15, 0.2) is 28.9 Å². The lowest BCUT2D eigenvalue weighted by Gasteiger charge is -2.36. The van der Waals surface area contributed by atoms with Crippen LogP contribution in [-0.2, 0) is 10.5 Å². The van der Waals surface area contributed by atoms with Crippen LogP contribution in [-0.4, -0.2) is 65.5 Å². The van der Waals surface area contributed by atoms with Crippen molar-refractivity contribution in [2.75, 3.05) is 43.4 Å². The van der Waals surface area contributed by atoms with Crippen molar-refractivity contribution in [3.8, 4) is 0 Å². The molecule has 0 spiro atoms. The highest BCUT2D eigenvalue weighted by molar-refractivity contribution is 7.99. The minimum Gasteiger partial charge on any atom is -0.361 e. The normalized spacial score (nSPS) is 16.2. The Morgan fingerprint density at radius 2 is 2.07 bits per heavy atom. The fraction of sp³-hybridized carbons (Fsp3) is 0.550. The maximum absolute atomic E-state index is 12.2. The van der Waals surface area contributed by atoms with Crippen molar-refractivity contribution in [2.45, 2.75) is 32.6 Å². The number of hydrogen-bond acceptors (Lipinski definition) is 7. The number of rotatable bonds is 8. The summed E-state index contributed by atoms with van der Waals surface area (Å²) in [5.74, 6) is 3.15. The lowest BCUT2D eigenvalue weighted by atomic mass is 10.2. The Balaban J connectivity index is 1.34. The first-order chi connectivity index (χ1) is 13.5. The second kappa shape index (κ2) is 9.93. The van der Waals surface area contributed by atoms with E-state index in [9.17, 15) is 4.79 Å². The Kier molecular flexibility index (Phi) is 7.33. The van der Waals surface area contributed by atoms with Crippen LogP contribution in [0.1, 0.15) is 23.9 Å². The zero-order chi connectivity index (χ0) is 19.9. The summed E-state index contributed by atoms with van der Waals surface area (Å²) in [4.78, 5) is 21.4. The van der Waals surface area contributed by atoms with Gasteiger partial charge in [0.05, 0.1) is 11.4 Å². The summed E-state index contributed by atoms with van der Waals surface area (Å²) in [6.07, 6.45) is 1.84. The maximum Gasteiger partial charge on any atom is 0.230 e. The first kappa shape index (κ1) is 20.7. The predicted octanol–water partition coefficient (Wildman–Crippen LogP) is 2.25. The zero-order valence-corrected chi connectivity index (χ0v) is 17.7. The van der Waals surface area contributed by atoms with Gasteiger partial charge in [-0.2, -0.15) is 0 Å². The number of thioether (sulfide) groups is 1. The van der Waals surface area contributed by atoms with Crippen molar-refractivity contribution >= 4 is 23.5 Å². The summed E-state index contributed by atoms with van der Waals surface area (Å²) in [6.45, 7) is 10.7. The van der Waals surface area contributed by atoms with Crippen molar-refractivity contribution in [1.82, 2.24) is 20.4 Å². The summed E-state index contributed by atoms with van der Waals surface area (Å²) in [7, 11) is 0. The highest BCUT2D eigenvalue weighted by Gasteiger charge is 2.20. The molecule has 3 heterocycles. The molecule has 152 valence electrons. The third-order valence-electron chi connectivity index (χ3n) is 4.95. The van der Waals surface area contributed by atoms with Crippen molar-refractivity contribution in [2.24, 2.45) is 0 Å². The molecule has 8 heteroatoms. The molecule has 3 rings (SSSR count). The maximum atomic E-state index is 12.2. The number of aromatic nitrogens is 2. The van der Waals surface area contributed by atoms with Gasteiger partial charge in [-0.25, -0.2) is 4.98 Å². The number of hydrogen-bond donors (Lipinski definition) is 1. The van der Waals surface area contributed by atoms with Crippen molar-refractivity contribution in [3.05, 3.63) is 41.4 Å². The fourth-order valence-corrected chi connectivity index (χ4v) is 4.39. The Labute approximate surface area is 170 Å². The van der Waals surface area contributed by atoms with Crippen molar-refractivity contribution < 1.29 is 9.32 Å². The van der Waals surface area contributed by atoms with Gasteiger partial charge in [0.2, 0.25) is 5.91 Å². The molecule has 0 aromatic carbocycles. The van der Waals surface area contributed by atoms with Gasteiger partial charge < -0.3 is 14.7 Å². The molecule has 7 nitrogen and oxygen atoms in total. The molecule has 0 aliphatic carbocycles. The molecule has 1 aliphatic rings. The highest BCUT2D eigenvalue weighted by Crippen LogP contribution is 2.19. The number of nitrogens with zero attached hydrogens (tertiary/aromatic N) is 4.